The van der Waals surface area contributed by atoms with Crippen molar-refractivity contribution in [1.82, 2.24) is 0 Å². The van der Waals surface area contributed by atoms with Gasteiger partial charge in [-0.25, -0.2) is 0 Å². The fourth-order valence-corrected chi connectivity index (χ4v) is 2.98. The van der Waals surface area contributed by atoms with E-state index in [1.54, 1.807) is 18.2 Å². The van der Waals surface area contributed by atoms with Crippen LogP contribution in [0.15, 0.2) is 57.9 Å². The van der Waals surface area contributed by atoms with Crippen molar-refractivity contribution in [2.24, 2.45) is 4.99 Å². The fourth-order valence-electron chi connectivity index (χ4n) is 2.98. The predicted molar refractivity (Wildman–Crippen MR) is 102 cm³/mol. The van der Waals surface area contributed by atoms with Gasteiger partial charge in [0.25, 0.3) is 5.69 Å². The minimum absolute atomic E-state index is 0.0500. The van der Waals surface area contributed by atoms with E-state index in [2.05, 4.69) is 4.99 Å². The number of aromatic hydroxyl groups is 2. The first-order valence-electron chi connectivity index (χ1n) is 8.10. The number of aliphatic imine (C=N–C) groups is 1. The third-order valence-electron chi connectivity index (χ3n) is 4.30. The molecular formula is C20H14N2O5. The number of nitro groups is 1. The summed E-state index contributed by atoms with van der Waals surface area (Å²) in [6, 6.07) is 12.5. The fraction of sp³-hybridized carbons (Fsp3) is 0.0500. The van der Waals surface area contributed by atoms with Crippen molar-refractivity contribution < 1.29 is 19.6 Å². The average Bonchev–Trinajstić information content (AvgIpc) is 3.02. The van der Waals surface area contributed by atoms with Gasteiger partial charge in [0.15, 0.2) is 11.3 Å². The van der Waals surface area contributed by atoms with Gasteiger partial charge >= 0.3 is 0 Å². The third-order valence-corrected chi connectivity index (χ3v) is 4.30. The van der Waals surface area contributed by atoms with Crippen LogP contribution in [0.3, 0.4) is 0 Å². The third kappa shape index (κ3) is 2.85. The highest BCUT2D eigenvalue weighted by Gasteiger charge is 2.17. The first-order valence-corrected chi connectivity index (χ1v) is 8.10. The Morgan fingerprint density at radius 2 is 1.89 bits per heavy atom. The zero-order valence-corrected chi connectivity index (χ0v) is 14.2. The molecule has 4 rings (SSSR count). The molecule has 0 radical (unpaired) electrons. The second kappa shape index (κ2) is 6.14. The molecular weight excluding hydrogens is 348 g/mol. The molecule has 3 aromatic carbocycles. The Morgan fingerprint density at radius 3 is 2.63 bits per heavy atom. The molecule has 1 aromatic heterocycles. The molecule has 7 heteroatoms. The van der Waals surface area contributed by atoms with Gasteiger partial charge in [-0.3, -0.25) is 15.1 Å². The van der Waals surface area contributed by atoms with Gasteiger partial charge in [-0.15, -0.1) is 0 Å². The Morgan fingerprint density at radius 1 is 1.07 bits per heavy atom. The molecule has 4 aromatic rings. The van der Waals surface area contributed by atoms with Crippen molar-refractivity contribution in [3.05, 3.63) is 69.8 Å². The lowest BCUT2D eigenvalue weighted by atomic mass is 10.1. The maximum Gasteiger partial charge on any atom is 0.270 e. The number of fused-ring (bicyclic) bond motifs is 3. The van der Waals surface area contributed by atoms with Gasteiger partial charge in [0, 0.05) is 34.7 Å². The molecule has 1 heterocycles. The summed E-state index contributed by atoms with van der Waals surface area (Å²) >= 11 is 0. The Balaban J connectivity index is 1.93. The van der Waals surface area contributed by atoms with Crippen molar-refractivity contribution in [3.8, 4) is 11.5 Å². The summed E-state index contributed by atoms with van der Waals surface area (Å²) in [6.07, 6.45) is 1.53. The van der Waals surface area contributed by atoms with E-state index in [1.165, 1.54) is 30.5 Å². The first kappa shape index (κ1) is 16.6. The average molecular weight is 362 g/mol. The molecule has 0 fully saturated rings. The smallest absolute Gasteiger partial charge is 0.270 e. The number of hydrogen-bond donors (Lipinski definition) is 2. The molecule has 0 atom stereocenters. The van der Waals surface area contributed by atoms with E-state index in [-0.39, 0.29) is 22.8 Å². The molecule has 0 saturated carbocycles. The molecule has 2 N–H and O–H groups in total. The van der Waals surface area contributed by atoms with Crippen molar-refractivity contribution in [2.75, 3.05) is 0 Å². The van der Waals surface area contributed by atoms with E-state index in [9.17, 15) is 20.3 Å². The predicted octanol–water partition coefficient (Wildman–Crippen LogP) is 4.96. The minimum atomic E-state index is -0.487. The number of phenols is 2. The number of nitro benzene ring substituents is 1. The highest BCUT2D eigenvalue weighted by atomic mass is 16.6. The lowest BCUT2D eigenvalue weighted by Crippen LogP contribution is -1.87. The number of rotatable bonds is 3. The van der Waals surface area contributed by atoms with Crippen LogP contribution in [0.1, 0.15) is 11.1 Å². The number of nitrogens with zero attached hydrogens (tertiary/aromatic N) is 2. The van der Waals surface area contributed by atoms with Gasteiger partial charge < -0.3 is 14.6 Å². The van der Waals surface area contributed by atoms with Gasteiger partial charge in [0.05, 0.1) is 4.92 Å². The van der Waals surface area contributed by atoms with Gasteiger partial charge in [0.2, 0.25) is 0 Å². The van der Waals surface area contributed by atoms with Crippen molar-refractivity contribution in [3.63, 3.8) is 0 Å². The van der Waals surface area contributed by atoms with Crippen LogP contribution in [0.4, 0.5) is 11.4 Å². The highest BCUT2D eigenvalue weighted by molar-refractivity contribution is 6.15. The first-order chi connectivity index (χ1) is 12.9. The topological polar surface area (TPSA) is 109 Å². The summed E-state index contributed by atoms with van der Waals surface area (Å²) in [5, 5.41) is 32.3. The summed E-state index contributed by atoms with van der Waals surface area (Å²) in [7, 11) is 0. The maximum absolute atomic E-state index is 11.1. The molecule has 0 aliphatic carbocycles. The summed E-state index contributed by atoms with van der Waals surface area (Å²) in [4.78, 5) is 14.9. The Kier molecular flexibility index (Phi) is 3.77. The van der Waals surface area contributed by atoms with Crippen molar-refractivity contribution >= 4 is 39.5 Å². The molecule has 134 valence electrons. The summed E-state index contributed by atoms with van der Waals surface area (Å²) in [6.45, 7) is 1.86. The second-order valence-corrected chi connectivity index (χ2v) is 6.17. The van der Waals surface area contributed by atoms with E-state index in [1.807, 2.05) is 13.0 Å². The van der Waals surface area contributed by atoms with Crippen molar-refractivity contribution in [1.29, 1.82) is 0 Å². The van der Waals surface area contributed by atoms with Gasteiger partial charge in [0.1, 0.15) is 17.0 Å². The normalized spacial score (nSPS) is 11.6. The highest BCUT2D eigenvalue weighted by Crippen LogP contribution is 2.38. The number of benzene rings is 3. The minimum Gasteiger partial charge on any atom is -0.506 e. The molecule has 27 heavy (non-hydrogen) atoms. The molecule has 0 aliphatic rings. The Bertz CT molecular complexity index is 1240. The van der Waals surface area contributed by atoms with Crippen LogP contribution in [0.2, 0.25) is 0 Å². The van der Waals surface area contributed by atoms with Crippen LogP contribution in [0, 0.1) is 17.0 Å². The van der Waals surface area contributed by atoms with Crippen LogP contribution in [-0.4, -0.2) is 21.4 Å². The SMILES string of the molecule is Cc1ccc(N=Cc2ccc(O)c3oc4ccc([N+](=O)[O-])cc4c23)c(O)c1. The monoisotopic (exact) mass is 362 g/mol. The van der Waals surface area contributed by atoms with Gasteiger partial charge in [-0.1, -0.05) is 6.07 Å². The zero-order valence-electron chi connectivity index (χ0n) is 14.2. The largest absolute Gasteiger partial charge is 0.506 e. The zero-order chi connectivity index (χ0) is 19.1. The number of furan rings is 1. The Hall–Kier alpha value is -3.87. The van der Waals surface area contributed by atoms with Crippen molar-refractivity contribution in [2.45, 2.75) is 6.92 Å². The van der Waals surface area contributed by atoms with Crippen LogP contribution < -0.4 is 0 Å². The van der Waals surface area contributed by atoms with Gasteiger partial charge in [-0.05, 0) is 42.8 Å². The Labute approximate surface area is 153 Å². The van der Waals surface area contributed by atoms with Crippen LogP contribution >= 0.6 is 0 Å². The maximum atomic E-state index is 11.1. The number of phenolic OH excluding ortho intramolecular Hbond substituents is 2. The van der Waals surface area contributed by atoms with Crippen LogP contribution in [0.5, 0.6) is 11.5 Å². The summed E-state index contributed by atoms with van der Waals surface area (Å²) in [5.41, 5.74) is 2.47. The molecule has 0 bridgehead atoms. The molecule has 0 unspecified atom stereocenters. The summed E-state index contributed by atoms with van der Waals surface area (Å²) in [5.74, 6) is -0.0202. The lowest BCUT2D eigenvalue weighted by molar-refractivity contribution is -0.384. The number of aryl methyl sites for hydroxylation is 1. The standard InChI is InChI=1S/C20H14N2O5/c1-11-2-5-15(17(24)8-11)21-10-12-3-6-16(23)20-19(12)14-9-13(22(25)26)4-7-18(14)27-20/h2-10,23-24H,1H3. The molecule has 7 nitrogen and oxygen atoms in total. The summed E-state index contributed by atoms with van der Waals surface area (Å²) < 4.78 is 5.67. The van der Waals surface area contributed by atoms with E-state index >= 15 is 0 Å². The second-order valence-electron chi connectivity index (χ2n) is 6.17. The number of hydrogen-bond acceptors (Lipinski definition) is 6. The van der Waals surface area contributed by atoms with E-state index < -0.39 is 4.92 Å². The van der Waals surface area contributed by atoms with Crippen LogP contribution in [0.25, 0.3) is 21.9 Å². The van der Waals surface area contributed by atoms with E-state index in [0.29, 0.717) is 27.6 Å². The molecule has 0 amide bonds. The van der Waals surface area contributed by atoms with E-state index in [0.717, 1.165) is 5.56 Å². The molecule has 0 saturated heterocycles. The van der Waals surface area contributed by atoms with Gasteiger partial charge in [-0.2, -0.15) is 0 Å². The number of non-ortho nitro benzene ring substituents is 1. The lowest BCUT2D eigenvalue weighted by Gasteiger charge is -2.01. The molecule has 0 spiro atoms. The quantitative estimate of drug-likeness (QED) is 0.304. The van der Waals surface area contributed by atoms with Crippen LogP contribution in [-0.2, 0) is 0 Å². The van der Waals surface area contributed by atoms with E-state index in [4.69, 9.17) is 4.42 Å². The molecule has 0 aliphatic heterocycles.